The summed E-state index contributed by atoms with van der Waals surface area (Å²) in [6, 6.07) is 4.50. The number of carbonyl (C=O) groups excluding carboxylic acids is 1. The van der Waals surface area contributed by atoms with E-state index in [0.29, 0.717) is 18.7 Å². The Kier molecular flexibility index (Phi) is 5.63. The van der Waals surface area contributed by atoms with Crippen LogP contribution in [0.1, 0.15) is 31.2 Å². The van der Waals surface area contributed by atoms with Gasteiger partial charge in [-0.25, -0.2) is 4.39 Å². The van der Waals surface area contributed by atoms with Gasteiger partial charge in [-0.2, -0.15) is 0 Å². The summed E-state index contributed by atoms with van der Waals surface area (Å²) in [5, 5.41) is 2.69. The second-order valence-corrected chi connectivity index (χ2v) is 4.16. The van der Waals surface area contributed by atoms with Crippen LogP contribution < -0.4 is 11.1 Å². The van der Waals surface area contributed by atoms with Crippen molar-refractivity contribution in [2.45, 2.75) is 32.6 Å². The molecular weight excluding hydrogens is 219 g/mol. The maximum atomic E-state index is 13.1. The minimum atomic E-state index is -0.330. The van der Waals surface area contributed by atoms with Crippen LogP contribution >= 0.6 is 0 Å². The van der Waals surface area contributed by atoms with Crippen LogP contribution in [0.25, 0.3) is 0 Å². The van der Waals surface area contributed by atoms with Gasteiger partial charge in [0.25, 0.3) is 0 Å². The largest absolute Gasteiger partial charge is 0.330 e. The van der Waals surface area contributed by atoms with Crippen LogP contribution in [0.3, 0.4) is 0 Å². The first-order valence-corrected chi connectivity index (χ1v) is 5.89. The fourth-order valence-electron chi connectivity index (χ4n) is 1.64. The van der Waals surface area contributed by atoms with Gasteiger partial charge in [-0.3, -0.25) is 4.79 Å². The van der Waals surface area contributed by atoms with Crippen molar-refractivity contribution in [3.8, 4) is 0 Å². The van der Waals surface area contributed by atoms with Gasteiger partial charge < -0.3 is 11.1 Å². The van der Waals surface area contributed by atoms with Gasteiger partial charge in [-0.05, 0) is 50.1 Å². The molecule has 0 aliphatic carbocycles. The SMILES string of the molecule is Cc1cc(F)cc(NC(=O)CCCCCN)c1. The Labute approximate surface area is 101 Å². The average molecular weight is 238 g/mol. The molecule has 94 valence electrons. The standard InChI is InChI=1S/C13H19FN2O/c1-10-7-11(14)9-12(8-10)16-13(17)5-3-2-4-6-15/h7-9H,2-6,15H2,1H3,(H,16,17). The van der Waals surface area contributed by atoms with E-state index in [1.165, 1.54) is 12.1 Å². The Hall–Kier alpha value is -1.42. The Bertz CT molecular complexity index is 359. The number of aryl methyl sites for hydroxylation is 1. The average Bonchev–Trinajstić information content (AvgIpc) is 2.23. The number of nitrogens with two attached hydrogens (primary N) is 1. The number of rotatable bonds is 6. The van der Waals surface area contributed by atoms with E-state index in [1.54, 1.807) is 13.0 Å². The molecule has 0 aromatic heterocycles. The van der Waals surface area contributed by atoms with E-state index >= 15 is 0 Å². The summed E-state index contributed by atoms with van der Waals surface area (Å²) in [6.45, 7) is 2.45. The normalized spacial score (nSPS) is 10.3. The van der Waals surface area contributed by atoms with Crippen LogP contribution in [0.5, 0.6) is 0 Å². The molecule has 4 heteroatoms. The smallest absolute Gasteiger partial charge is 0.224 e. The molecule has 3 nitrogen and oxygen atoms in total. The van der Waals surface area contributed by atoms with Crippen LogP contribution in [0.4, 0.5) is 10.1 Å². The van der Waals surface area contributed by atoms with E-state index in [4.69, 9.17) is 5.73 Å². The highest BCUT2D eigenvalue weighted by atomic mass is 19.1. The van der Waals surface area contributed by atoms with Crippen molar-refractivity contribution in [2.24, 2.45) is 5.73 Å². The number of amides is 1. The minimum absolute atomic E-state index is 0.0768. The molecule has 0 saturated heterocycles. The van der Waals surface area contributed by atoms with Crippen molar-refractivity contribution < 1.29 is 9.18 Å². The van der Waals surface area contributed by atoms with Gasteiger partial charge in [-0.1, -0.05) is 6.42 Å². The molecule has 3 N–H and O–H groups in total. The van der Waals surface area contributed by atoms with Crippen molar-refractivity contribution in [1.82, 2.24) is 0 Å². The molecule has 1 rings (SSSR count). The predicted molar refractivity (Wildman–Crippen MR) is 67.3 cm³/mol. The summed E-state index contributed by atoms with van der Waals surface area (Å²) < 4.78 is 13.1. The zero-order valence-electron chi connectivity index (χ0n) is 10.1. The van der Waals surface area contributed by atoms with Gasteiger partial charge in [-0.15, -0.1) is 0 Å². The molecule has 0 spiro atoms. The number of benzene rings is 1. The van der Waals surface area contributed by atoms with Crippen molar-refractivity contribution in [3.63, 3.8) is 0 Å². The molecule has 0 aliphatic heterocycles. The monoisotopic (exact) mass is 238 g/mol. The lowest BCUT2D eigenvalue weighted by Gasteiger charge is -2.06. The summed E-state index contributed by atoms with van der Waals surface area (Å²) in [5.41, 5.74) is 6.67. The number of carbonyl (C=O) groups is 1. The number of unbranched alkanes of at least 4 members (excludes halogenated alkanes) is 2. The zero-order chi connectivity index (χ0) is 12.7. The first kappa shape index (κ1) is 13.6. The summed E-state index contributed by atoms with van der Waals surface area (Å²) in [4.78, 5) is 11.5. The van der Waals surface area contributed by atoms with Gasteiger partial charge in [0.05, 0.1) is 0 Å². The molecule has 1 amide bonds. The summed E-state index contributed by atoms with van der Waals surface area (Å²) in [6.07, 6.45) is 3.16. The molecule has 1 aromatic rings. The highest BCUT2D eigenvalue weighted by Crippen LogP contribution is 2.13. The molecular formula is C13H19FN2O. The zero-order valence-corrected chi connectivity index (χ0v) is 10.1. The molecule has 0 atom stereocenters. The highest BCUT2D eigenvalue weighted by molar-refractivity contribution is 5.90. The van der Waals surface area contributed by atoms with Crippen LogP contribution in [-0.2, 0) is 4.79 Å². The van der Waals surface area contributed by atoms with Crippen molar-refractivity contribution in [3.05, 3.63) is 29.6 Å². The predicted octanol–water partition coefficient (Wildman–Crippen LogP) is 2.59. The number of nitrogens with one attached hydrogen (secondary N) is 1. The molecule has 17 heavy (non-hydrogen) atoms. The first-order chi connectivity index (χ1) is 8.11. The third kappa shape index (κ3) is 5.45. The van der Waals surface area contributed by atoms with Crippen molar-refractivity contribution >= 4 is 11.6 Å². The number of anilines is 1. The van der Waals surface area contributed by atoms with Crippen LogP contribution in [-0.4, -0.2) is 12.5 Å². The molecule has 0 saturated carbocycles. The van der Waals surface area contributed by atoms with Gasteiger partial charge in [0, 0.05) is 12.1 Å². The molecule has 0 heterocycles. The quantitative estimate of drug-likeness (QED) is 0.748. The van der Waals surface area contributed by atoms with Crippen molar-refractivity contribution in [2.75, 3.05) is 11.9 Å². The van der Waals surface area contributed by atoms with E-state index in [1.807, 2.05) is 0 Å². The highest BCUT2D eigenvalue weighted by Gasteiger charge is 2.03. The fourth-order valence-corrected chi connectivity index (χ4v) is 1.64. The topological polar surface area (TPSA) is 55.1 Å². The molecule has 1 aromatic carbocycles. The maximum absolute atomic E-state index is 13.1. The third-order valence-corrected chi connectivity index (χ3v) is 2.43. The fraction of sp³-hybridized carbons (Fsp3) is 0.462. The molecule has 0 bridgehead atoms. The molecule has 0 aliphatic rings. The second-order valence-electron chi connectivity index (χ2n) is 4.16. The summed E-state index contributed by atoms with van der Waals surface area (Å²) in [5.74, 6) is -0.407. The maximum Gasteiger partial charge on any atom is 0.224 e. The van der Waals surface area contributed by atoms with Gasteiger partial charge >= 0.3 is 0 Å². The van der Waals surface area contributed by atoms with Crippen molar-refractivity contribution in [1.29, 1.82) is 0 Å². The first-order valence-electron chi connectivity index (χ1n) is 5.89. The molecule has 0 fully saturated rings. The van der Waals surface area contributed by atoms with Crippen LogP contribution in [0, 0.1) is 12.7 Å². The van der Waals surface area contributed by atoms with Crippen LogP contribution in [0.15, 0.2) is 18.2 Å². The van der Waals surface area contributed by atoms with Gasteiger partial charge in [0.1, 0.15) is 5.82 Å². The lowest BCUT2D eigenvalue weighted by molar-refractivity contribution is -0.116. The summed E-state index contributed by atoms with van der Waals surface area (Å²) >= 11 is 0. The lowest BCUT2D eigenvalue weighted by atomic mass is 10.1. The lowest BCUT2D eigenvalue weighted by Crippen LogP contribution is -2.11. The van der Waals surface area contributed by atoms with Gasteiger partial charge in [0.2, 0.25) is 5.91 Å². The number of hydrogen-bond acceptors (Lipinski definition) is 2. The van der Waals surface area contributed by atoms with E-state index in [-0.39, 0.29) is 11.7 Å². The van der Waals surface area contributed by atoms with E-state index < -0.39 is 0 Å². The Morgan fingerprint density at radius 1 is 1.29 bits per heavy atom. The molecule has 0 unspecified atom stereocenters. The van der Waals surface area contributed by atoms with E-state index in [0.717, 1.165) is 24.8 Å². The summed E-state index contributed by atoms with van der Waals surface area (Å²) in [7, 11) is 0. The Morgan fingerprint density at radius 3 is 2.71 bits per heavy atom. The van der Waals surface area contributed by atoms with E-state index in [2.05, 4.69) is 5.32 Å². The number of halogens is 1. The van der Waals surface area contributed by atoms with E-state index in [9.17, 15) is 9.18 Å². The Morgan fingerprint density at radius 2 is 2.06 bits per heavy atom. The van der Waals surface area contributed by atoms with Gasteiger partial charge in [0.15, 0.2) is 0 Å². The number of hydrogen-bond donors (Lipinski definition) is 2. The second kappa shape index (κ2) is 7.01. The third-order valence-electron chi connectivity index (χ3n) is 2.43. The minimum Gasteiger partial charge on any atom is -0.330 e. The molecule has 0 radical (unpaired) electrons. The Balaban J connectivity index is 2.39. The van der Waals surface area contributed by atoms with Crippen LogP contribution in [0.2, 0.25) is 0 Å².